The third-order valence-electron chi connectivity index (χ3n) is 4.53. The Labute approximate surface area is 150 Å². The molecule has 1 aromatic heterocycles. The Morgan fingerprint density at radius 3 is 2.72 bits per heavy atom. The van der Waals surface area contributed by atoms with Crippen molar-refractivity contribution < 1.29 is 19.4 Å². The number of thiazole rings is 1. The molecule has 1 atom stereocenters. The number of carboxylic acid groups (broad SMARTS) is 1. The molecule has 3 rings (SSSR count). The van der Waals surface area contributed by atoms with Gasteiger partial charge in [0.1, 0.15) is 15.3 Å². The first-order valence-electron chi connectivity index (χ1n) is 8.01. The number of rotatable bonds is 5. The number of hydrogen-bond donors (Lipinski definition) is 1. The molecule has 2 aromatic rings. The van der Waals surface area contributed by atoms with Crippen LogP contribution in [0.15, 0.2) is 30.3 Å². The number of carboxylic acids is 1. The zero-order valence-electron chi connectivity index (χ0n) is 14.2. The minimum absolute atomic E-state index is 0.100. The van der Waals surface area contributed by atoms with Crippen molar-refractivity contribution in [3.05, 3.63) is 40.9 Å². The van der Waals surface area contributed by atoms with Crippen LogP contribution in [0.5, 0.6) is 0 Å². The molecule has 0 bridgehead atoms. The number of hydrogen-bond acceptors (Lipinski definition) is 5. The first kappa shape index (κ1) is 17.6. The number of methoxy groups -OCH3 is 1. The molecule has 0 aliphatic carbocycles. The lowest BCUT2D eigenvalue weighted by molar-refractivity contribution is -0.151. The summed E-state index contributed by atoms with van der Waals surface area (Å²) < 4.78 is 5.08. The van der Waals surface area contributed by atoms with E-state index in [0.717, 1.165) is 10.6 Å². The van der Waals surface area contributed by atoms with Gasteiger partial charge in [-0.1, -0.05) is 30.3 Å². The summed E-state index contributed by atoms with van der Waals surface area (Å²) in [6.45, 7) is 2.48. The van der Waals surface area contributed by atoms with Gasteiger partial charge in [-0.15, -0.1) is 11.3 Å². The Balaban J connectivity index is 1.83. The van der Waals surface area contributed by atoms with Crippen LogP contribution in [0.2, 0.25) is 0 Å². The third kappa shape index (κ3) is 3.29. The molecule has 7 heteroatoms. The van der Waals surface area contributed by atoms with Crippen LogP contribution in [0.1, 0.15) is 21.8 Å². The first-order chi connectivity index (χ1) is 12.0. The zero-order chi connectivity index (χ0) is 18.0. The zero-order valence-corrected chi connectivity index (χ0v) is 15.0. The Morgan fingerprint density at radius 1 is 1.36 bits per heavy atom. The van der Waals surface area contributed by atoms with Crippen LogP contribution in [0.3, 0.4) is 0 Å². The van der Waals surface area contributed by atoms with Crippen molar-refractivity contribution in [3.8, 4) is 10.6 Å². The van der Waals surface area contributed by atoms with Gasteiger partial charge in [0, 0.05) is 25.8 Å². The third-order valence-corrected chi connectivity index (χ3v) is 5.72. The quantitative estimate of drug-likeness (QED) is 0.887. The predicted molar refractivity (Wildman–Crippen MR) is 94.8 cm³/mol. The Hall–Kier alpha value is -2.25. The minimum atomic E-state index is -1.02. The molecular formula is C18H20N2O4S. The molecule has 6 nitrogen and oxygen atoms in total. The Morgan fingerprint density at radius 2 is 2.08 bits per heavy atom. The summed E-state index contributed by atoms with van der Waals surface area (Å²) in [5.41, 5.74) is 0.620. The molecule has 1 aliphatic heterocycles. The highest BCUT2D eigenvalue weighted by molar-refractivity contribution is 7.17. The SMILES string of the molecule is COCC1(C(=O)O)CCN(C(=O)c2sc(-c3ccccc3)nc2C)C1. The number of amides is 1. The molecule has 1 aromatic carbocycles. The summed E-state index contributed by atoms with van der Waals surface area (Å²) in [7, 11) is 1.48. The maximum Gasteiger partial charge on any atom is 0.313 e. The molecule has 1 aliphatic rings. The van der Waals surface area contributed by atoms with E-state index in [1.165, 1.54) is 18.4 Å². The topological polar surface area (TPSA) is 79.7 Å². The average molecular weight is 360 g/mol. The molecule has 1 amide bonds. The van der Waals surface area contributed by atoms with Gasteiger partial charge in [-0.25, -0.2) is 4.98 Å². The van der Waals surface area contributed by atoms with Crippen LogP contribution in [0.4, 0.5) is 0 Å². The summed E-state index contributed by atoms with van der Waals surface area (Å²) in [6.07, 6.45) is 0.394. The number of ether oxygens (including phenoxy) is 1. The van der Waals surface area contributed by atoms with Crippen LogP contribution < -0.4 is 0 Å². The van der Waals surface area contributed by atoms with E-state index in [2.05, 4.69) is 4.98 Å². The molecule has 25 heavy (non-hydrogen) atoms. The molecule has 0 spiro atoms. The molecule has 132 valence electrons. The molecule has 1 N–H and O–H groups in total. The van der Waals surface area contributed by atoms with Gasteiger partial charge in [0.25, 0.3) is 5.91 Å². The van der Waals surface area contributed by atoms with E-state index < -0.39 is 11.4 Å². The number of likely N-dealkylation sites (tertiary alicyclic amines) is 1. The highest BCUT2D eigenvalue weighted by Gasteiger charge is 2.47. The van der Waals surface area contributed by atoms with Crippen molar-refractivity contribution in [2.75, 3.05) is 26.8 Å². The molecule has 1 unspecified atom stereocenters. The lowest BCUT2D eigenvalue weighted by Gasteiger charge is -2.23. The number of carbonyl (C=O) groups is 2. The summed E-state index contributed by atoms with van der Waals surface area (Å²) in [4.78, 5) is 31.2. The van der Waals surface area contributed by atoms with Crippen molar-refractivity contribution in [2.24, 2.45) is 5.41 Å². The van der Waals surface area contributed by atoms with Crippen LogP contribution in [-0.2, 0) is 9.53 Å². The fraction of sp³-hybridized carbons (Fsp3) is 0.389. The second kappa shape index (κ2) is 6.93. The monoisotopic (exact) mass is 360 g/mol. The summed E-state index contributed by atoms with van der Waals surface area (Å²) in [5.74, 6) is -1.08. The van der Waals surface area contributed by atoms with E-state index in [4.69, 9.17) is 4.74 Å². The van der Waals surface area contributed by atoms with Crippen molar-refractivity contribution in [2.45, 2.75) is 13.3 Å². The fourth-order valence-electron chi connectivity index (χ4n) is 3.12. The summed E-state index contributed by atoms with van der Waals surface area (Å²) >= 11 is 1.35. The summed E-state index contributed by atoms with van der Waals surface area (Å²) in [5, 5.41) is 10.3. The van der Waals surface area contributed by atoms with Crippen LogP contribution >= 0.6 is 11.3 Å². The second-order valence-electron chi connectivity index (χ2n) is 6.29. The number of nitrogens with zero attached hydrogens (tertiary/aromatic N) is 2. The standard InChI is InChI=1S/C18H20N2O4S/c1-12-14(25-15(19-12)13-6-4-3-5-7-13)16(21)20-9-8-18(10-20,11-24-2)17(22)23/h3-7H,8-11H2,1-2H3,(H,22,23). The van der Waals surface area contributed by atoms with E-state index in [1.807, 2.05) is 37.3 Å². The van der Waals surface area contributed by atoms with Gasteiger partial charge < -0.3 is 14.7 Å². The molecular weight excluding hydrogens is 340 g/mol. The van der Waals surface area contributed by atoms with E-state index in [0.29, 0.717) is 23.5 Å². The number of aryl methyl sites for hydroxylation is 1. The predicted octanol–water partition coefficient (Wildman–Crippen LogP) is 2.68. The molecule has 2 heterocycles. The number of carbonyl (C=O) groups excluding carboxylic acids is 1. The van der Waals surface area contributed by atoms with Crippen LogP contribution in [0, 0.1) is 12.3 Å². The molecule has 1 fully saturated rings. The summed E-state index contributed by atoms with van der Waals surface area (Å²) in [6, 6.07) is 9.70. The number of aromatic nitrogens is 1. The van der Waals surface area contributed by atoms with Gasteiger partial charge in [0.2, 0.25) is 0 Å². The van der Waals surface area contributed by atoms with E-state index in [-0.39, 0.29) is 19.1 Å². The van der Waals surface area contributed by atoms with Gasteiger partial charge in [-0.2, -0.15) is 0 Å². The van der Waals surface area contributed by atoms with Crippen molar-refractivity contribution >= 4 is 23.2 Å². The van der Waals surface area contributed by atoms with Gasteiger partial charge in [0.15, 0.2) is 0 Å². The first-order valence-corrected chi connectivity index (χ1v) is 8.83. The van der Waals surface area contributed by atoms with E-state index >= 15 is 0 Å². The lowest BCUT2D eigenvalue weighted by Crippen LogP contribution is -2.40. The van der Waals surface area contributed by atoms with Crippen LogP contribution in [-0.4, -0.2) is 53.7 Å². The fourth-order valence-corrected chi connectivity index (χ4v) is 4.16. The average Bonchev–Trinajstić information content (AvgIpc) is 3.20. The van der Waals surface area contributed by atoms with E-state index in [9.17, 15) is 14.7 Å². The molecule has 0 radical (unpaired) electrons. The van der Waals surface area contributed by atoms with Gasteiger partial charge in [-0.3, -0.25) is 9.59 Å². The smallest absolute Gasteiger partial charge is 0.313 e. The highest BCUT2D eigenvalue weighted by atomic mass is 32.1. The largest absolute Gasteiger partial charge is 0.481 e. The van der Waals surface area contributed by atoms with Crippen molar-refractivity contribution in [1.82, 2.24) is 9.88 Å². The number of aliphatic carboxylic acids is 1. The van der Waals surface area contributed by atoms with Crippen molar-refractivity contribution in [3.63, 3.8) is 0 Å². The molecule has 1 saturated heterocycles. The maximum atomic E-state index is 12.9. The van der Waals surface area contributed by atoms with Crippen LogP contribution in [0.25, 0.3) is 10.6 Å². The second-order valence-corrected chi connectivity index (χ2v) is 7.29. The normalized spacial score (nSPS) is 20.0. The van der Waals surface area contributed by atoms with E-state index in [1.54, 1.807) is 4.90 Å². The van der Waals surface area contributed by atoms with Gasteiger partial charge >= 0.3 is 5.97 Å². The maximum absolute atomic E-state index is 12.9. The van der Waals surface area contributed by atoms with Crippen molar-refractivity contribution in [1.29, 1.82) is 0 Å². The Bertz CT molecular complexity index is 790. The molecule has 0 saturated carbocycles. The lowest BCUT2D eigenvalue weighted by atomic mass is 9.88. The van der Waals surface area contributed by atoms with Gasteiger partial charge in [0.05, 0.1) is 12.3 Å². The number of benzene rings is 1. The van der Waals surface area contributed by atoms with Gasteiger partial charge in [-0.05, 0) is 13.3 Å². The minimum Gasteiger partial charge on any atom is -0.481 e. The Kier molecular flexibility index (Phi) is 4.87. The highest BCUT2D eigenvalue weighted by Crippen LogP contribution is 2.34.